The average Bonchev–Trinajstić information content (AvgIpc) is 2.28. The lowest BCUT2D eigenvalue weighted by Gasteiger charge is -2.09. The van der Waals surface area contributed by atoms with Gasteiger partial charge in [0.2, 0.25) is 0 Å². The van der Waals surface area contributed by atoms with Crippen LogP contribution in [0.4, 0.5) is 13.2 Å². The minimum Gasteiger partial charge on any atom is -0.507 e. The fourth-order valence-corrected chi connectivity index (χ4v) is 1.21. The van der Waals surface area contributed by atoms with Gasteiger partial charge in [-0.1, -0.05) is 0 Å². The Hall–Kier alpha value is -2.18. The van der Waals surface area contributed by atoms with Crippen molar-refractivity contribution in [3.63, 3.8) is 0 Å². The molecule has 1 rings (SSSR count). The molecule has 0 atom stereocenters. The molecule has 0 bridgehead atoms. The van der Waals surface area contributed by atoms with Crippen LogP contribution in [0.3, 0.4) is 0 Å². The Balaban J connectivity index is 2.88. The van der Waals surface area contributed by atoms with E-state index < -0.39 is 18.1 Å². The lowest BCUT2D eigenvalue weighted by atomic mass is 10.2. The van der Waals surface area contributed by atoms with Gasteiger partial charge in [0, 0.05) is 11.6 Å². The molecule has 1 aromatic carbocycles. The van der Waals surface area contributed by atoms with Crippen LogP contribution in [0.5, 0.6) is 11.5 Å². The molecular formula is C12H11F3O4. The second-order valence-electron chi connectivity index (χ2n) is 3.35. The van der Waals surface area contributed by atoms with Crippen molar-refractivity contribution in [1.29, 1.82) is 0 Å². The molecule has 0 aliphatic carbocycles. The number of alkyl halides is 3. The summed E-state index contributed by atoms with van der Waals surface area (Å²) < 4.78 is 44.3. The maximum absolute atomic E-state index is 12.0. The van der Waals surface area contributed by atoms with Crippen molar-refractivity contribution in [2.45, 2.75) is 13.3 Å². The van der Waals surface area contributed by atoms with E-state index in [0.29, 0.717) is 0 Å². The van der Waals surface area contributed by atoms with Crippen molar-refractivity contribution in [3.8, 4) is 11.5 Å². The average molecular weight is 276 g/mol. The van der Waals surface area contributed by atoms with Crippen LogP contribution in [-0.2, 0) is 9.53 Å². The summed E-state index contributed by atoms with van der Waals surface area (Å²) in [7, 11) is 0. The Morgan fingerprint density at radius 2 is 2.11 bits per heavy atom. The fourth-order valence-electron chi connectivity index (χ4n) is 1.21. The van der Waals surface area contributed by atoms with Crippen LogP contribution in [0, 0.1) is 0 Å². The Labute approximate surface area is 107 Å². The van der Waals surface area contributed by atoms with Crippen molar-refractivity contribution in [2.24, 2.45) is 0 Å². The monoisotopic (exact) mass is 276 g/mol. The number of aromatic hydroxyl groups is 1. The summed E-state index contributed by atoms with van der Waals surface area (Å²) in [6.07, 6.45) is -2.69. The lowest BCUT2D eigenvalue weighted by Crippen LogP contribution is -2.17. The third kappa shape index (κ3) is 5.33. The van der Waals surface area contributed by atoms with Crippen LogP contribution < -0.4 is 4.74 Å². The number of ether oxygens (including phenoxy) is 2. The Kier molecular flexibility index (Phi) is 4.80. The first-order valence-corrected chi connectivity index (χ1v) is 5.25. The first-order chi connectivity index (χ1) is 8.81. The molecule has 0 aliphatic heterocycles. The summed E-state index contributed by atoms with van der Waals surface area (Å²) in [6.45, 7) is 1.79. The number of hydrogen-bond donors (Lipinski definition) is 1. The number of esters is 1. The van der Waals surface area contributed by atoms with Gasteiger partial charge in [0.1, 0.15) is 11.5 Å². The highest BCUT2D eigenvalue weighted by Crippen LogP contribution is 2.28. The lowest BCUT2D eigenvalue weighted by molar-refractivity contribution is -0.274. The smallest absolute Gasteiger partial charge is 0.507 e. The van der Waals surface area contributed by atoms with Crippen molar-refractivity contribution < 1.29 is 32.5 Å². The number of rotatable bonds is 4. The van der Waals surface area contributed by atoms with Gasteiger partial charge in [0.25, 0.3) is 0 Å². The number of hydrogen-bond acceptors (Lipinski definition) is 4. The summed E-state index contributed by atoms with van der Waals surface area (Å²) in [4.78, 5) is 11.0. The molecule has 0 fully saturated rings. The van der Waals surface area contributed by atoms with E-state index >= 15 is 0 Å². The van der Waals surface area contributed by atoms with Gasteiger partial charge in [-0.3, -0.25) is 0 Å². The zero-order chi connectivity index (χ0) is 14.5. The molecule has 0 amide bonds. The van der Waals surface area contributed by atoms with Crippen LogP contribution in [-0.4, -0.2) is 24.0 Å². The molecule has 0 aromatic heterocycles. The van der Waals surface area contributed by atoms with Crippen molar-refractivity contribution in [3.05, 3.63) is 29.8 Å². The highest BCUT2D eigenvalue weighted by atomic mass is 19.4. The number of carbonyl (C=O) groups excluding carboxylic acids is 1. The molecule has 0 heterocycles. The van der Waals surface area contributed by atoms with Crippen LogP contribution in [0.25, 0.3) is 6.08 Å². The van der Waals surface area contributed by atoms with E-state index in [2.05, 4.69) is 9.47 Å². The third-order valence-electron chi connectivity index (χ3n) is 1.92. The van der Waals surface area contributed by atoms with E-state index in [9.17, 15) is 23.1 Å². The van der Waals surface area contributed by atoms with Crippen LogP contribution in [0.2, 0.25) is 0 Å². The molecule has 0 saturated heterocycles. The van der Waals surface area contributed by atoms with Gasteiger partial charge in [-0.25, -0.2) is 4.79 Å². The zero-order valence-electron chi connectivity index (χ0n) is 9.90. The molecule has 104 valence electrons. The maximum Gasteiger partial charge on any atom is 0.573 e. The predicted octanol–water partition coefficient (Wildman–Crippen LogP) is 2.87. The van der Waals surface area contributed by atoms with Gasteiger partial charge in [-0.05, 0) is 31.2 Å². The van der Waals surface area contributed by atoms with Crippen LogP contribution in [0.15, 0.2) is 24.3 Å². The molecule has 7 heteroatoms. The van der Waals surface area contributed by atoms with Crippen molar-refractivity contribution in [1.82, 2.24) is 0 Å². The summed E-state index contributed by atoms with van der Waals surface area (Å²) >= 11 is 0. The van der Waals surface area contributed by atoms with Crippen LogP contribution >= 0.6 is 0 Å². The van der Waals surface area contributed by atoms with Gasteiger partial charge in [0.15, 0.2) is 0 Å². The molecule has 1 N–H and O–H groups in total. The third-order valence-corrected chi connectivity index (χ3v) is 1.92. The minimum atomic E-state index is -4.82. The van der Waals surface area contributed by atoms with Gasteiger partial charge < -0.3 is 14.6 Å². The van der Waals surface area contributed by atoms with Gasteiger partial charge in [-0.15, -0.1) is 13.2 Å². The first kappa shape index (κ1) is 14.9. The van der Waals surface area contributed by atoms with E-state index in [-0.39, 0.29) is 17.9 Å². The van der Waals surface area contributed by atoms with E-state index in [1.807, 2.05) is 0 Å². The van der Waals surface area contributed by atoms with Gasteiger partial charge in [-0.2, -0.15) is 0 Å². The normalized spacial score (nSPS) is 11.6. The molecule has 0 aliphatic rings. The second-order valence-corrected chi connectivity index (χ2v) is 3.35. The largest absolute Gasteiger partial charge is 0.573 e. The summed E-state index contributed by atoms with van der Waals surface area (Å²) in [5.74, 6) is -1.44. The second kappa shape index (κ2) is 6.12. The summed E-state index contributed by atoms with van der Waals surface area (Å²) in [5.41, 5.74) is 0.00908. The number of phenols is 1. The predicted molar refractivity (Wildman–Crippen MR) is 60.5 cm³/mol. The Morgan fingerprint density at radius 1 is 1.42 bits per heavy atom. The molecule has 0 spiro atoms. The number of carbonyl (C=O) groups is 1. The summed E-state index contributed by atoms with van der Waals surface area (Å²) in [5, 5.41) is 9.44. The van der Waals surface area contributed by atoms with Crippen molar-refractivity contribution >= 4 is 12.0 Å². The quantitative estimate of drug-likeness (QED) is 0.678. The first-order valence-electron chi connectivity index (χ1n) is 5.25. The standard InChI is InChI=1S/C12H11F3O4/c1-2-18-11(17)6-3-8-7-9(4-5-10(8)16)19-12(13,14)15/h3-7,16H,2H2,1H3. The molecule has 0 saturated carbocycles. The Morgan fingerprint density at radius 3 is 2.68 bits per heavy atom. The molecule has 4 nitrogen and oxygen atoms in total. The fraction of sp³-hybridized carbons (Fsp3) is 0.250. The van der Waals surface area contributed by atoms with E-state index in [0.717, 1.165) is 30.4 Å². The maximum atomic E-state index is 12.0. The highest BCUT2D eigenvalue weighted by Gasteiger charge is 2.31. The SMILES string of the molecule is CCOC(=O)C=Cc1cc(OC(F)(F)F)ccc1O. The van der Waals surface area contributed by atoms with Crippen molar-refractivity contribution in [2.75, 3.05) is 6.61 Å². The summed E-state index contributed by atoms with van der Waals surface area (Å²) in [6, 6.07) is 2.95. The highest BCUT2D eigenvalue weighted by molar-refractivity contribution is 5.87. The Bertz CT molecular complexity index is 480. The molecule has 1 aromatic rings. The van der Waals surface area contributed by atoms with E-state index in [4.69, 9.17) is 0 Å². The topological polar surface area (TPSA) is 55.8 Å². The minimum absolute atomic E-state index is 0.00908. The number of phenolic OH excluding ortho intramolecular Hbond substituents is 1. The van der Waals surface area contributed by atoms with E-state index in [1.165, 1.54) is 0 Å². The molecule has 0 unspecified atom stereocenters. The number of halogens is 3. The number of benzene rings is 1. The van der Waals surface area contributed by atoms with Gasteiger partial charge >= 0.3 is 12.3 Å². The van der Waals surface area contributed by atoms with Crippen LogP contribution in [0.1, 0.15) is 12.5 Å². The molecule has 19 heavy (non-hydrogen) atoms. The molecular weight excluding hydrogens is 265 g/mol. The molecule has 0 radical (unpaired) electrons. The van der Waals surface area contributed by atoms with Gasteiger partial charge in [0.05, 0.1) is 6.61 Å². The zero-order valence-corrected chi connectivity index (χ0v) is 9.90. The van der Waals surface area contributed by atoms with E-state index in [1.54, 1.807) is 6.92 Å².